The topological polar surface area (TPSA) is 68.4 Å². The minimum absolute atomic E-state index is 0.0709. The maximum Gasteiger partial charge on any atom is 0.253 e. The van der Waals surface area contributed by atoms with Gasteiger partial charge in [0.05, 0.1) is 6.04 Å². The number of nitrogens with zero attached hydrogens (tertiary/aromatic N) is 2. The molecule has 0 saturated carbocycles. The zero-order valence-corrected chi connectivity index (χ0v) is 14.0. The van der Waals surface area contributed by atoms with Gasteiger partial charge in [0.2, 0.25) is 5.91 Å². The van der Waals surface area contributed by atoms with Gasteiger partial charge in [0.1, 0.15) is 0 Å². The number of benzene rings is 1. The molecule has 0 aliphatic carbocycles. The summed E-state index contributed by atoms with van der Waals surface area (Å²) >= 11 is 0. The molecule has 2 aliphatic heterocycles. The van der Waals surface area contributed by atoms with Gasteiger partial charge in [-0.05, 0) is 43.7 Å². The first-order valence-corrected chi connectivity index (χ1v) is 8.38. The monoisotopic (exact) mass is 326 g/mol. The molecular formula is C18H22N4O2. The molecule has 4 rings (SSSR count). The summed E-state index contributed by atoms with van der Waals surface area (Å²) in [7, 11) is 3.67. The van der Waals surface area contributed by atoms with E-state index in [1.54, 1.807) is 7.05 Å². The molecule has 2 saturated heterocycles. The minimum atomic E-state index is -0.0709. The lowest BCUT2D eigenvalue weighted by Crippen LogP contribution is -2.45. The highest BCUT2D eigenvalue weighted by atomic mass is 16.2. The third-order valence-corrected chi connectivity index (χ3v) is 5.58. The third-order valence-electron chi connectivity index (χ3n) is 5.58. The van der Waals surface area contributed by atoms with E-state index in [2.05, 4.69) is 15.2 Å². The summed E-state index contributed by atoms with van der Waals surface area (Å²) in [5, 5.41) is 3.79. The number of carbonyl (C=O) groups is 2. The van der Waals surface area contributed by atoms with E-state index in [-0.39, 0.29) is 23.9 Å². The van der Waals surface area contributed by atoms with E-state index in [9.17, 15) is 9.59 Å². The summed E-state index contributed by atoms with van der Waals surface area (Å²) in [6.45, 7) is 1.42. The molecule has 0 bridgehead atoms. The molecule has 2 N–H and O–H groups in total. The SMILES string of the molecule is CNC(=O)[C@@H]1C[C@H]2CN(C(=O)c3ccc4[nH]ccc4c3)C[C@H]2N1C. The van der Waals surface area contributed by atoms with E-state index in [1.807, 2.05) is 42.4 Å². The molecule has 2 aromatic rings. The first kappa shape index (κ1) is 15.2. The van der Waals surface area contributed by atoms with Gasteiger partial charge in [0.25, 0.3) is 5.91 Å². The van der Waals surface area contributed by atoms with Crippen molar-refractivity contribution in [3.8, 4) is 0 Å². The molecule has 1 aromatic carbocycles. The van der Waals surface area contributed by atoms with Crippen molar-refractivity contribution in [2.45, 2.75) is 18.5 Å². The van der Waals surface area contributed by atoms with Gasteiger partial charge in [-0.1, -0.05) is 0 Å². The van der Waals surface area contributed by atoms with E-state index in [0.717, 1.165) is 29.4 Å². The molecule has 126 valence electrons. The van der Waals surface area contributed by atoms with Crippen LogP contribution in [-0.4, -0.2) is 65.9 Å². The number of nitrogens with one attached hydrogen (secondary N) is 2. The average Bonchev–Trinajstić information content (AvgIpc) is 3.28. The quantitative estimate of drug-likeness (QED) is 0.867. The predicted molar refractivity (Wildman–Crippen MR) is 91.7 cm³/mol. The van der Waals surface area contributed by atoms with Gasteiger partial charge in [0, 0.05) is 48.8 Å². The molecule has 2 fully saturated rings. The molecule has 6 nitrogen and oxygen atoms in total. The van der Waals surface area contributed by atoms with Crippen LogP contribution in [0.3, 0.4) is 0 Å². The van der Waals surface area contributed by atoms with Crippen LogP contribution in [0.25, 0.3) is 10.9 Å². The second kappa shape index (κ2) is 5.63. The maximum atomic E-state index is 12.8. The molecule has 0 spiro atoms. The molecular weight excluding hydrogens is 304 g/mol. The van der Waals surface area contributed by atoms with Crippen molar-refractivity contribution in [2.75, 3.05) is 27.2 Å². The summed E-state index contributed by atoms with van der Waals surface area (Å²) in [6, 6.07) is 7.96. The predicted octanol–water partition coefficient (Wildman–Crippen LogP) is 1.06. The highest BCUT2D eigenvalue weighted by molar-refractivity contribution is 5.98. The van der Waals surface area contributed by atoms with Crippen LogP contribution >= 0.6 is 0 Å². The second-order valence-corrected chi connectivity index (χ2v) is 6.85. The van der Waals surface area contributed by atoms with Crippen LogP contribution in [-0.2, 0) is 4.79 Å². The van der Waals surface area contributed by atoms with Crippen molar-refractivity contribution < 1.29 is 9.59 Å². The van der Waals surface area contributed by atoms with Gasteiger partial charge in [-0.25, -0.2) is 0 Å². The standard InChI is InChI=1S/C18H22N4O2/c1-19-17(23)15-8-13-9-22(10-16(13)21(15)2)18(24)12-3-4-14-11(7-12)5-6-20-14/h3-7,13,15-16,20H,8-10H2,1-2H3,(H,19,23)/t13-,15-,16+/m0/s1. The number of hydrogen-bond donors (Lipinski definition) is 2. The number of likely N-dealkylation sites (N-methyl/N-ethyl adjacent to an activating group) is 2. The van der Waals surface area contributed by atoms with Crippen molar-refractivity contribution in [1.29, 1.82) is 0 Å². The first-order chi connectivity index (χ1) is 11.6. The Morgan fingerprint density at radius 3 is 2.83 bits per heavy atom. The van der Waals surface area contributed by atoms with Crippen molar-refractivity contribution in [3.05, 3.63) is 36.0 Å². The highest BCUT2D eigenvalue weighted by Gasteiger charge is 2.47. The fraction of sp³-hybridized carbons (Fsp3) is 0.444. The van der Waals surface area contributed by atoms with Crippen LogP contribution in [0.2, 0.25) is 0 Å². The molecule has 3 heterocycles. The average molecular weight is 326 g/mol. The molecule has 2 aliphatic rings. The Labute approximate surface area is 140 Å². The lowest BCUT2D eigenvalue weighted by molar-refractivity contribution is -0.125. The number of hydrogen-bond acceptors (Lipinski definition) is 3. The lowest BCUT2D eigenvalue weighted by atomic mass is 10.0. The normalized spacial score (nSPS) is 26.8. The smallest absolute Gasteiger partial charge is 0.253 e. The van der Waals surface area contributed by atoms with Crippen molar-refractivity contribution in [1.82, 2.24) is 20.1 Å². The zero-order valence-electron chi connectivity index (χ0n) is 14.0. The summed E-state index contributed by atoms with van der Waals surface area (Å²) in [6.07, 6.45) is 2.70. The Kier molecular flexibility index (Phi) is 3.57. The van der Waals surface area contributed by atoms with Crippen LogP contribution < -0.4 is 5.32 Å². The Balaban J connectivity index is 1.50. The van der Waals surface area contributed by atoms with Gasteiger partial charge >= 0.3 is 0 Å². The number of H-pyrrole nitrogens is 1. The van der Waals surface area contributed by atoms with Gasteiger partial charge in [-0.3, -0.25) is 14.5 Å². The van der Waals surface area contributed by atoms with Crippen LogP contribution in [0, 0.1) is 5.92 Å². The lowest BCUT2D eigenvalue weighted by Gasteiger charge is -2.25. The number of rotatable bonds is 2. The molecule has 3 atom stereocenters. The number of amides is 2. The number of carbonyl (C=O) groups excluding carboxylic acids is 2. The Morgan fingerprint density at radius 2 is 2.08 bits per heavy atom. The molecule has 6 heteroatoms. The highest BCUT2D eigenvalue weighted by Crippen LogP contribution is 2.35. The Hall–Kier alpha value is -2.34. The Morgan fingerprint density at radius 1 is 1.25 bits per heavy atom. The second-order valence-electron chi connectivity index (χ2n) is 6.85. The molecule has 0 unspecified atom stereocenters. The zero-order chi connectivity index (χ0) is 16.8. The maximum absolute atomic E-state index is 12.8. The van der Waals surface area contributed by atoms with E-state index in [4.69, 9.17) is 0 Å². The third kappa shape index (κ3) is 2.29. The minimum Gasteiger partial charge on any atom is -0.361 e. The van der Waals surface area contributed by atoms with E-state index >= 15 is 0 Å². The van der Waals surface area contributed by atoms with Crippen LogP contribution in [0.4, 0.5) is 0 Å². The molecule has 2 amide bonds. The van der Waals surface area contributed by atoms with Gasteiger partial charge in [-0.15, -0.1) is 0 Å². The van der Waals surface area contributed by atoms with Crippen molar-refractivity contribution >= 4 is 22.7 Å². The van der Waals surface area contributed by atoms with Gasteiger partial charge < -0.3 is 15.2 Å². The van der Waals surface area contributed by atoms with Crippen LogP contribution in [0.5, 0.6) is 0 Å². The summed E-state index contributed by atoms with van der Waals surface area (Å²) < 4.78 is 0. The van der Waals surface area contributed by atoms with Crippen molar-refractivity contribution in [3.63, 3.8) is 0 Å². The van der Waals surface area contributed by atoms with E-state index < -0.39 is 0 Å². The van der Waals surface area contributed by atoms with E-state index in [0.29, 0.717) is 12.5 Å². The van der Waals surface area contributed by atoms with E-state index in [1.165, 1.54) is 0 Å². The summed E-state index contributed by atoms with van der Waals surface area (Å²) in [4.78, 5) is 32.0. The van der Waals surface area contributed by atoms with Gasteiger partial charge in [0.15, 0.2) is 0 Å². The van der Waals surface area contributed by atoms with Crippen molar-refractivity contribution in [2.24, 2.45) is 5.92 Å². The fourth-order valence-electron chi connectivity index (χ4n) is 4.22. The fourth-order valence-corrected chi connectivity index (χ4v) is 4.22. The number of aromatic amines is 1. The number of fused-ring (bicyclic) bond motifs is 2. The van der Waals surface area contributed by atoms with Crippen LogP contribution in [0.15, 0.2) is 30.5 Å². The largest absolute Gasteiger partial charge is 0.361 e. The van der Waals surface area contributed by atoms with Crippen LogP contribution in [0.1, 0.15) is 16.8 Å². The Bertz CT molecular complexity index is 799. The first-order valence-electron chi connectivity index (χ1n) is 8.38. The van der Waals surface area contributed by atoms with Gasteiger partial charge in [-0.2, -0.15) is 0 Å². The molecule has 0 radical (unpaired) electrons. The molecule has 24 heavy (non-hydrogen) atoms. The summed E-state index contributed by atoms with van der Waals surface area (Å²) in [5.74, 6) is 0.525. The molecule has 1 aromatic heterocycles. The number of aromatic nitrogens is 1. The number of likely N-dealkylation sites (tertiary alicyclic amines) is 2. The summed E-state index contributed by atoms with van der Waals surface area (Å²) in [5.41, 5.74) is 1.77.